The topological polar surface area (TPSA) is 53.4 Å². The van der Waals surface area contributed by atoms with Gasteiger partial charge in [-0.25, -0.2) is 4.98 Å². The molecule has 1 aliphatic rings. The fraction of sp³-hybridized carbons (Fsp3) is 0.692. The van der Waals surface area contributed by atoms with Crippen LogP contribution in [0.15, 0.2) is 5.38 Å². The first kappa shape index (κ1) is 13.5. The summed E-state index contributed by atoms with van der Waals surface area (Å²) in [6.07, 6.45) is 2.73. The molecular formula is C13H20N2O2S. The molecule has 0 aromatic carbocycles. The van der Waals surface area contributed by atoms with E-state index in [1.165, 1.54) is 5.01 Å². The van der Waals surface area contributed by atoms with Gasteiger partial charge in [0.2, 0.25) is 0 Å². The van der Waals surface area contributed by atoms with Gasteiger partial charge in [0, 0.05) is 17.0 Å². The quantitative estimate of drug-likeness (QED) is 0.911. The molecule has 2 heterocycles. The Morgan fingerprint density at radius 1 is 1.61 bits per heavy atom. The summed E-state index contributed by atoms with van der Waals surface area (Å²) in [6, 6.07) is -0.316. The summed E-state index contributed by atoms with van der Waals surface area (Å²) in [5.74, 6) is -0.174. The van der Waals surface area contributed by atoms with Crippen molar-refractivity contribution >= 4 is 17.3 Å². The fourth-order valence-corrected chi connectivity index (χ4v) is 3.58. The van der Waals surface area contributed by atoms with Crippen LogP contribution in [0.2, 0.25) is 0 Å². The van der Waals surface area contributed by atoms with E-state index >= 15 is 0 Å². The molecule has 0 aliphatic carbocycles. The third-order valence-corrected chi connectivity index (χ3v) is 4.75. The van der Waals surface area contributed by atoms with Crippen molar-refractivity contribution in [3.05, 3.63) is 16.1 Å². The molecule has 0 radical (unpaired) electrons. The molecule has 0 amide bonds. The molecule has 1 aromatic rings. The van der Waals surface area contributed by atoms with Crippen LogP contribution in [0.5, 0.6) is 0 Å². The molecule has 100 valence electrons. The van der Waals surface area contributed by atoms with Crippen molar-refractivity contribution in [2.45, 2.75) is 45.1 Å². The van der Waals surface area contributed by atoms with Crippen molar-refractivity contribution < 1.29 is 9.90 Å². The lowest BCUT2D eigenvalue weighted by atomic mass is 9.96. The minimum absolute atomic E-state index is 0.316. The molecule has 1 aliphatic heterocycles. The average Bonchev–Trinajstić information content (AvgIpc) is 2.77. The number of aromatic nitrogens is 1. The van der Waals surface area contributed by atoms with E-state index in [4.69, 9.17) is 5.11 Å². The van der Waals surface area contributed by atoms with Gasteiger partial charge in [-0.3, -0.25) is 9.69 Å². The van der Waals surface area contributed by atoms with Crippen LogP contribution in [-0.2, 0) is 4.79 Å². The second kappa shape index (κ2) is 5.80. The first-order valence-corrected chi connectivity index (χ1v) is 7.38. The Kier molecular flexibility index (Phi) is 4.35. The molecule has 1 N–H and O–H groups in total. The molecule has 0 spiro atoms. The van der Waals surface area contributed by atoms with Crippen molar-refractivity contribution in [3.63, 3.8) is 0 Å². The second-order valence-electron chi connectivity index (χ2n) is 4.90. The summed E-state index contributed by atoms with van der Waals surface area (Å²) in [6.45, 7) is 5.70. The van der Waals surface area contributed by atoms with Crippen molar-refractivity contribution in [3.8, 4) is 0 Å². The summed E-state index contributed by atoms with van der Waals surface area (Å²) in [5, 5.41) is 12.5. The Labute approximate surface area is 112 Å². The Morgan fingerprint density at radius 2 is 2.28 bits per heavy atom. The number of likely N-dealkylation sites (tertiary alicyclic amines) is 1. The molecular weight excluding hydrogens is 248 g/mol. The number of piperidine rings is 1. The smallest absolute Gasteiger partial charge is 0.320 e. The Bertz CT molecular complexity index is 411. The third-order valence-electron chi connectivity index (χ3n) is 3.63. The van der Waals surface area contributed by atoms with E-state index in [1.807, 2.05) is 13.8 Å². The van der Waals surface area contributed by atoms with Gasteiger partial charge in [-0.1, -0.05) is 6.92 Å². The first-order valence-electron chi connectivity index (χ1n) is 6.50. The molecule has 1 atom stereocenters. The molecule has 1 saturated heterocycles. The number of carbonyl (C=O) groups is 1. The number of aryl methyl sites for hydroxylation is 1. The zero-order valence-electron chi connectivity index (χ0n) is 10.9. The maximum Gasteiger partial charge on any atom is 0.320 e. The van der Waals surface area contributed by atoms with Crippen molar-refractivity contribution in [1.29, 1.82) is 0 Å². The second-order valence-corrected chi connectivity index (χ2v) is 5.79. The van der Waals surface area contributed by atoms with E-state index in [0.717, 1.165) is 31.6 Å². The average molecular weight is 268 g/mol. The minimum atomic E-state index is -0.693. The van der Waals surface area contributed by atoms with Crippen LogP contribution in [0.3, 0.4) is 0 Å². The minimum Gasteiger partial charge on any atom is -0.480 e. The zero-order valence-corrected chi connectivity index (χ0v) is 11.7. The van der Waals surface area contributed by atoms with Gasteiger partial charge in [0.15, 0.2) is 0 Å². The molecule has 4 nitrogen and oxygen atoms in total. The predicted octanol–water partition coefficient (Wildman–Crippen LogP) is 2.49. The molecule has 5 heteroatoms. The van der Waals surface area contributed by atoms with Gasteiger partial charge in [0.25, 0.3) is 0 Å². The van der Waals surface area contributed by atoms with Crippen LogP contribution in [0.25, 0.3) is 0 Å². The monoisotopic (exact) mass is 268 g/mol. The lowest BCUT2D eigenvalue weighted by Crippen LogP contribution is -2.44. The van der Waals surface area contributed by atoms with Crippen LogP contribution >= 0.6 is 11.3 Å². The van der Waals surface area contributed by atoms with E-state index in [0.29, 0.717) is 12.3 Å². The normalized spacial score (nSPS) is 19.9. The van der Waals surface area contributed by atoms with Crippen molar-refractivity contribution in [2.75, 3.05) is 13.1 Å². The number of carboxylic acids is 1. The summed E-state index contributed by atoms with van der Waals surface area (Å²) in [5.41, 5.74) is 1.09. The molecule has 2 rings (SSSR count). The van der Waals surface area contributed by atoms with Gasteiger partial charge in [-0.15, -0.1) is 11.3 Å². The number of aliphatic carboxylic acids is 1. The van der Waals surface area contributed by atoms with Crippen LogP contribution in [0, 0.1) is 6.92 Å². The van der Waals surface area contributed by atoms with Gasteiger partial charge in [-0.2, -0.15) is 0 Å². The van der Waals surface area contributed by atoms with Gasteiger partial charge in [0.05, 0.1) is 5.01 Å². The Morgan fingerprint density at radius 3 is 2.72 bits per heavy atom. The maximum atomic E-state index is 11.1. The number of rotatable bonds is 4. The van der Waals surface area contributed by atoms with E-state index < -0.39 is 5.97 Å². The molecule has 0 saturated carbocycles. The first-order chi connectivity index (χ1) is 8.61. The number of hydrogen-bond acceptors (Lipinski definition) is 4. The molecule has 1 aromatic heterocycles. The van der Waals surface area contributed by atoms with Gasteiger partial charge >= 0.3 is 5.97 Å². The number of nitrogens with zero attached hydrogens (tertiary/aromatic N) is 2. The van der Waals surface area contributed by atoms with Gasteiger partial charge < -0.3 is 5.11 Å². The molecule has 1 fully saturated rings. The number of thiazole rings is 1. The standard InChI is InChI=1S/C13H20N2O2S/c1-3-11(13(16)17)15-6-4-10(5-7-15)12-14-9(2)8-18-12/h8,10-11H,3-7H2,1-2H3,(H,16,17)/t11-/m0/s1. The lowest BCUT2D eigenvalue weighted by molar-refractivity contribution is -0.143. The van der Waals surface area contributed by atoms with E-state index in [1.54, 1.807) is 11.3 Å². The summed E-state index contributed by atoms with van der Waals surface area (Å²) >= 11 is 1.73. The van der Waals surface area contributed by atoms with E-state index in [2.05, 4.69) is 15.3 Å². The van der Waals surface area contributed by atoms with Crippen LogP contribution in [-0.4, -0.2) is 40.1 Å². The summed E-state index contributed by atoms with van der Waals surface area (Å²) in [4.78, 5) is 17.8. The van der Waals surface area contributed by atoms with Crippen LogP contribution in [0.1, 0.15) is 42.8 Å². The highest BCUT2D eigenvalue weighted by atomic mass is 32.1. The molecule has 0 bridgehead atoms. The lowest BCUT2D eigenvalue weighted by Gasteiger charge is -2.34. The number of hydrogen-bond donors (Lipinski definition) is 1. The van der Waals surface area contributed by atoms with Crippen LogP contribution in [0.4, 0.5) is 0 Å². The molecule has 18 heavy (non-hydrogen) atoms. The highest BCUT2D eigenvalue weighted by molar-refractivity contribution is 7.09. The molecule has 0 unspecified atom stereocenters. The maximum absolute atomic E-state index is 11.1. The highest BCUT2D eigenvalue weighted by Crippen LogP contribution is 2.31. The Hall–Kier alpha value is -0.940. The fourth-order valence-electron chi connectivity index (χ4n) is 2.61. The largest absolute Gasteiger partial charge is 0.480 e. The van der Waals surface area contributed by atoms with Crippen LogP contribution < -0.4 is 0 Å². The summed E-state index contributed by atoms with van der Waals surface area (Å²) in [7, 11) is 0. The predicted molar refractivity (Wildman–Crippen MR) is 72.1 cm³/mol. The van der Waals surface area contributed by atoms with Gasteiger partial charge in [0.1, 0.15) is 6.04 Å². The van der Waals surface area contributed by atoms with E-state index in [9.17, 15) is 4.79 Å². The van der Waals surface area contributed by atoms with E-state index in [-0.39, 0.29) is 6.04 Å². The SMILES string of the molecule is CC[C@@H](C(=O)O)N1CCC(c2nc(C)cs2)CC1. The Balaban J connectivity index is 1.93. The van der Waals surface area contributed by atoms with Gasteiger partial charge in [-0.05, 0) is 39.3 Å². The van der Waals surface area contributed by atoms with Crippen molar-refractivity contribution in [2.24, 2.45) is 0 Å². The van der Waals surface area contributed by atoms with Crippen molar-refractivity contribution in [1.82, 2.24) is 9.88 Å². The number of carboxylic acid groups (broad SMARTS) is 1. The third kappa shape index (κ3) is 2.90. The zero-order chi connectivity index (χ0) is 13.1. The highest BCUT2D eigenvalue weighted by Gasteiger charge is 2.29. The summed E-state index contributed by atoms with van der Waals surface area (Å²) < 4.78 is 0.